The molecule has 5 heteroatoms. The van der Waals surface area contributed by atoms with Gasteiger partial charge in [-0.1, -0.05) is 30.3 Å². The number of carbonyl (C=O) groups excluding carboxylic acids is 2. The van der Waals surface area contributed by atoms with E-state index in [2.05, 4.69) is 5.32 Å². The topological polar surface area (TPSA) is 64.6 Å². The van der Waals surface area contributed by atoms with Crippen molar-refractivity contribution in [1.29, 1.82) is 0 Å². The van der Waals surface area contributed by atoms with E-state index in [-0.39, 0.29) is 12.4 Å². The van der Waals surface area contributed by atoms with Crippen LogP contribution < -0.4 is 10.1 Å². The number of carbonyl (C=O) groups is 2. The van der Waals surface area contributed by atoms with Crippen LogP contribution in [0.25, 0.3) is 0 Å². The summed E-state index contributed by atoms with van der Waals surface area (Å²) >= 11 is 0. The number of ether oxygens (including phenoxy) is 2. The number of ketones is 1. The zero-order valence-electron chi connectivity index (χ0n) is 12.5. The minimum Gasteiger partial charge on any atom is -0.495 e. The van der Waals surface area contributed by atoms with Gasteiger partial charge in [0.25, 0.3) is 0 Å². The van der Waals surface area contributed by atoms with Crippen molar-refractivity contribution in [2.75, 3.05) is 19.0 Å². The van der Waals surface area contributed by atoms with Crippen molar-refractivity contribution in [3.63, 3.8) is 0 Å². The van der Waals surface area contributed by atoms with Crippen LogP contribution in [-0.4, -0.2) is 25.6 Å². The van der Waals surface area contributed by atoms with Crippen LogP contribution in [0.2, 0.25) is 0 Å². The van der Waals surface area contributed by atoms with Gasteiger partial charge < -0.3 is 9.47 Å². The van der Waals surface area contributed by atoms with Crippen molar-refractivity contribution < 1.29 is 19.1 Å². The number of rotatable bonds is 5. The minimum atomic E-state index is -0.592. The number of amides is 1. The van der Waals surface area contributed by atoms with E-state index in [4.69, 9.17) is 9.47 Å². The number of hydrogen-bond donors (Lipinski definition) is 1. The molecule has 2 rings (SSSR count). The van der Waals surface area contributed by atoms with Gasteiger partial charge in [0, 0.05) is 11.1 Å². The van der Waals surface area contributed by atoms with Crippen molar-refractivity contribution >= 4 is 17.6 Å². The molecule has 0 heterocycles. The third-order valence-corrected chi connectivity index (χ3v) is 3.01. The minimum absolute atomic E-state index is 0.129. The molecular weight excluding hydrogens is 282 g/mol. The van der Waals surface area contributed by atoms with E-state index in [1.807, 2.05) is 6.07 Å². The summed E-state index contributed by atoms with van der Waals surface area (Å²) in [6, 6.07) is 13.8. The van der Waals surface area contributed by atoms with Crippen molar-refractivity contribution in [1.82, 2.24) is 0 Å². The van der Waals surface area contributed by atoms with Crippen molar-refractivity contribution in [2.45, 2.75) is 6.92 Å². The number of benzene rings is 2. The predicted octanol–water partition coefficient (Wildman–Crippen LogP) is 3.49. The summed E-state index contributed by atoms with van der Waals surface area (Å²) in [5.41, 5.74) is 1.43. The van der Waals surface area contributed by atoms with Gasteiger partial charge in [0.2, 0.25) is 0 Å². The smallest absolute Gasteiger partial charge is 0.411 e. The Morgan fingerprint density at radius 3 is 2.41 bits per heavy atom. The monoisotopic (exact) mass is 299 g/mol. The zero-order valence-corrected chi connectivity index (χ0v) is 12.5. The Hall–Kier alpha value is -2.82. The molecule has 1 N–H and O–H groups in total. The second kappa shape index (κ2) is 7.26. The lowest BCUT2D eigenvalue weighted by atomic mass is 10.0. The molecule has 0 aliphatic carbocycles. The Labute approximate surface area is 128 Å². The molecule has 0 unspecified atom stereocenters. The molecule has 0 fully saturated rings. The fourth-order valence-corrected chi connectivity index (χ4v) is 1.98. The summed E-state index contributed by atoms with van der Waals surface area (Å²) in [4.78, 5) is 24.0. The first-order valence-electron chi connectivity index (χ1n) is 6.87. The molecule has 1 amide bonds. The molecule has 0 radical (unpaired) electrons. The number of anilines is 1. The van der Waals surface area contributed by atoms with Gasteiger partial charge in [0.05, 0.1) is 19.4 Å². The van der Waals surface area contributed by atoms with Crippen LogP contribution in [-0.2, 0) is 4.74 Å². The van der Waals surface area contributed by atoms with E-state index in [9.17, 15) is 9.59 Å². The van der Waals surface area contributed by atoms with Crippen LogP contribution in [0.15, 0.2) is 48.5 Å². The fourth-order valence-electron chi connectivity index (χ4n) is 1.98. The molecule has 22 heavy (non-hydrogen) atoms. The molecule has 0 saturated heterocycles. The lowest BCUT2D eigenvalue weighted by Crippen LogP contribution is -2.14. The molecule has 0 aliphatic heterocycles. The van der Waals surface area contributed by atoms with Gasteiger partial charge in [0.1, 0.15) is 5.75 Å². The molecule has 0 aliphatic rings. The Balaban J connectivity index is 2.30. The number of nitrogens with one attached hydrogen (secondary N) is 1. The Morgan fingerprint density at radius 2 is 1.77 bits per heavy atom. The van der Waals surface area contributed by atoms with Gasteiger partial charge in [-0.15, -0.1) is 0 Å². The van der Waals surface area contributed by atoms with Gasteiger partial charge in [-0.05, 0) is 25.1 Å². The van der Waals surface area contributed by atoms with Crippen LogP contribution in [0.4, 0.5) is 10.5 Å². The molecule has 114 valence electrons. The van der Waals surface area contributed by atoms with Crippen molar-refractivity contribution in [3.8, 4) is 5.75 Å². The highest BCUT2D eigenvalue weighted by Crippen LogP contribution is 2.26. The third-order valence-electron chi connectivity index (χ3n) is 3.01. The Bertz CT molecular complexity index is 668. The quantitative estimate of drug-likeness (QED) is 0.858. The molecule has 2 aromatic carbocycles. The van der Waals surface area contributed by atoms with Crippen LogP contribution in [0, 0.1) is 0 Å². The summed E-state index contributed by atoms with van der Waals surface area (Å²) in [5.74, 6) is 0.327. The summed E-state index contributed by atoms with van der Waals surface area (Å²) in [6.07, 6.45) is -0.592. The van der Waals surface area contributed by atoms with Crippen LogP contribution in [0.5, 0.6) is 5.75 Å². The Kier molecular flexibility index (Phi) is 5.14. The maximum absolute atomic E-state index is 12.4. The summed E-state index contributed by atoms with van der Waals surface area (Å²) in [7, 11) is 1.49. The molecule has 0 saturated carbocycles. The highest BCUT2D eigenvalue weighted by Gasteiger charge is 2.14. The number of methoxy groups -OCH3 is 1. The molecule has 2 aromatic rings. The first kappa shape index (κ1) is 15.6. The van der Waals surface area contributed by atoms with Gasteiger partial charge in [0.15, 0.2) is 5.78 Å². The highest BCUT2D eigenvalue weighted by molar-refractivity contribution is 6.09. The Morgan fingerprint density at radius 1 is 1.05 bits per heavy atom. The third kappa shape index (κ3) is 3.63. The van der Waals surface area contributed by atoms with Gasteiger partial charge in [-0.25, -0.2) is 4.79 Å². The van der Waals surface area contributed by atoms with Gasteiger partial charge >= 0.3 is 6.09 Å². The molecule has 0 spiro atoms. The maximum Gasteiger partial charge on any atom is 0.411 e. The van der Waals surface area contributed by atoms with Crippen molar-refractivity contribution in [2.24, 2.45) is 0 Å². The lowest BCUT2D eigenvalue weighted by molar-refractivity contribution is 0.103. The van der Waals surface area contributed by atoms with Crippen LogP contribution in [0.3, 0.4) is 0 Å². The van der Waals surface area contributed by atoms with E-state index in [1.54, 1.807) is 49.4 Å². The van der Waals surface area contributed by atoms with Crippen LogP contribution >= 0.6 is 0 Å². The summed E-state index contributed by atoms with van der Waals surface area (Å²) in [5, 5.41) is 2.57. The SMILES string of the molecule is CCOC(=O)Nc1cc(C(=O)c2ccccc2)ccc1OC. The van der Waals surface area contributed by atoms with E-state index in [1.165, 1.54) is 7.11 Å². The highest BCUT2D eigenvalue weighted by atomic mass is 16.5. The van der Waals surface area contributed by atoms with E-state index >= 15 is 0 Å². The average Bonchev–Trinajstić information content (AvgIpc) is 2.55. The second-order valence-corrected chi connectivity index (χ2v) is 4.46. The summed E-state index contributed by atoms with van der Waals surface area (Å²) < 4.78 is 10.0. The fraction of sp³-hybridized carbons (Fsp3) is 0.176. The average molecular weight is 299 g/mol. The largest absolute Gasteiger partial charge is 0.495 e. The van der Waals surface area contributed by atoms with E-state index < -0.39 is 6.09 Å². The number of hydrogen-bond acceptors (Lipinski definition) is 4. The van der Waals surface area contributed by atoms with E-state index in [0.29, 0.717) is 22.6 Å². The molecule has 5 nitrogen and oxygen atoms in total. The van der Waals surface area contributed by atoms with Crippen molar-refractivity contribution in [3.05, 3.63) is 59.7 Å². The first-order chi connectivity index (χ1) is 10.7. The zero-order chi connectivity index (χ0) is 15.9. The van der Waals surface area contributed by atoms with Crippen LogP contribution in [0.1, 0.15) is 22.8 Å². The maximum atomic E-state index is 12.4. The van der Waals surface area contributed by atoms with Gasteiger partial charge in [-0.3, -0.25) is 10.1 Å². The predicted molar refractivity (Wildman–Crippen MR) is 83.5 cm³/mol. The lowest BCUT2D eigenvalue weighted by Gasteiger charge is -2.11. The molecule has 0 atom stereocenters. The van der Waals surface area contributed by atoms with Gasteiger partial charge in [-0.2, -0.15) is 0 Å². The molecular formula is C17H17NO4. The summed E-state index contributed by atoms with van der Waals surface area (Å²) in [6.45, 7) is 1.98. The molecule has 0 bridgehead atoms. The standard InChI is InChI=1S/C17H17NO4/c1-3-22-17(20)18-14-11-13(9-10-15(14)21-2)16(19)12-7-5-4-6-8-12/h4-11H,3H2,1-2H3,(H,18,20). The molecule has 0 aromatic heterocycles. The first-order valence-corrected chi connectivity index (χ1v) is 6.87. The second-order valence-electron chi connectivity index (χ2n) is 4.46. The van der Waals surface area contributed by atoms with E-state index in [0.717, 1.165) is 0 Å². The normalized spacial score (nSPS) is 9.91.